The summed E-state index contributed by atoms with van der Waals surface area (Å²) in [6, 6.07) is 6.36. The highest BCUT2D eigenvalue weighted by molar-refractivity contribution is 5.71. The monoisotopic (exact) mass is 327 g/mol. The molecular weight excluding hydrogens is 310 g/mol. The summed E-state index contributed by atoms with van der Waals surface area (Å²) in [4.78, 5) is 1.45. The number of rotatable bonds is 6. The Morgan fingerprint density at radius 2 is 1.70 bits per heavy atom. The third-order valence-electron chi connectivity index (χ3n) is 3.41. The van der Waals surface area contributed by atoms with Crippen LogP contribution < -0.4 is 4.74 Å². The molecule has 2 nitrogen and oxygen atoms in total. The molecule has 0 fully saturated rings. The fourth-order valence-electron chi connectivity index (χ4n) is 2.23. The van der Waals surface area contributed by atoms with Crippen molar-refractivity contribution in [2.75, 3.05) is 13.2 Å². The van der Waals surface area contributed by atoms with Gasteiger partial charge in [-0.3, -0.25) is 0 Å². The van der Waals surface area contributed by atoms with Gasteiger partial charge in [-0.05, 0) is 48.4 Å². The fraction of sp³-hybridized carbons (Fsp3) is 0.294. The van der Waals surface area contributed by atoms with Gasteiger partial charge >= 0.3 is 0 Å². The van der Waals surface area contributed by atoms with E-state index in [1.165, 1.54) is 17.0 Å². The Labute approximate surface area is 132 Å². The van der Waals surface area contributed by atoms with Gasteiger partial charge in [-0.2, -0.15) is 0 Å². The molecule has 1 aliphatic heterocycles. The molecule has 0 aromatic heterocycles. The first-order valence-corrected chi connectivity index (χ1v) is 7.03. The van der Waals surface area contributed by atoms with Crippen molar-refractivity contribution in [2.24, 2.45) is 0 Å². The summed E-state index contributed by atoms with van der Waals surface area (Å²) in [6.07, 6.45) is -1.51. The standard InChI is InChI=1S/C17H17F4NO/c1-11-3-8-15(22(12(11)2)9-16(18)19)13-4-6-14(7-5-13)23-10-17(20)21/h3-8,16-17H,2,9-10H2,1H3. The summed E-state index contributed by atoms with van der Waals surface area (Å²) in [6.45, 7) is 4.51. The van der Waals surface area contributed by atoms with Crippen molar-refractivity contribution in [1.82, 2.24) is 4.90 Å². The van der Waals surface area contributed by atoms with Crippen LogP contribution in [0.3, 0.4) is 0 Å². The first kappa shape index (κ1) is 17.1. The molecule has 0 aliphatic carbocycles. The van der Waals surface area contributed by atoms with Gasteiger partial charge in [-0.15, -0.1) is 0 Å². The normalized spacial score (nSPS) is 15.1. The van der Waals surface area contributed by atoms with Crippen molar-refractivity contribution in [1.29, 1.82) is 0 Å². The molecule has 1 aromatic carbocycles. The number of hydrogen-bond acceptors (Lipinski definition) is 2. The summed E-state index contributed by atoms with van der Waals surface area (Å²) >= 11 is 0. The summed E-state index contributed by atoms with van der Waals surface area (Å²) < 4.78 is 54.8. The van der Waals surface area contributed by atoms with Crippen molar-refractivity contribution >= 4 is 5.70 Å². The number of nitrogens with zero attached hydrogens (tertiary/aromatic N) is 1. The zero-order valence-corrected chi connectivity index (χ0v) is 12.6. The van der Waals surface area contributed by atoms with Crippen molar-refractivity contribution in [3.63, 3.8) is 0 Å². The summed E-state index contributed by atoms with van der Waals surface area (Å²) in [5, 5.41) is 0. The average molecular weight is 327 g/mol. The molecule has 1 heterocycles. The van der Waals surface area contributed by atoms with E-state index >= 15 is 0 Å². The van der Waals surface area contributed by atoms with Crippen LogP contribution in [0.25, 0.3) is 5.70 Å². The minimum absolute atomic E-state index is 0.302. The maximum absolute atomic E-state index is 12.8. The molecule has 6 heteroatoms. The molecule has 0 radical (unpaired) electrons. The molecule has 2 rings (SSSR count). The van der Waals surface area contributed by atoms with Crippen LogP contribution in [0.15, 0.2) is 54.3 Å². The maximum Gasteiger partial charge on any atom is 0.272 e. The SMILES string of the molecule is C=C1C(C)=CC=C(c2ccc(OCC(F)F)cc2)N1CC(F)F. The van der Waals surface area contributed by atoms with Gasteiger partial charge in [0, 0.05) is 11.4 Å². The van der Waals surface area contributed by atoms with Crippen molar-refractivity contribution in [3.8, 4) is 5.75 Å². The van der Waals surface area contributed by atoms with E-state index in [0.29, 0.717) is 22.7 Å². The topological polar surface area (TPSA) is 12.5 Å². The van der Waals surface area contributed by atoms with Gasteiger partial charge in [-0.25, -0.2) is 17.6 Å². The second-order valence-corrected chi connectivity index (χ2v) is 5.08. The maximum atomic E-state index is 12.8. The molecule has 1 aromatic rings. The molecular formula is C17H17F4NO. The van der Waals surface area contributed by atoms with Gasteiger partial charge in [0.25, 0.3) is 12.9 Å². The van der Waals surface area contributed by atoms with Gasteiger partial charge in [0.2, 0.25) is 0 Å². The van der Waals surface area contributed by atoms with Gasteiger partial charge in [-0.1, -0.05) is 12.7 Å². The van der Waals surface area contributed by atoms with E-state index in [1.807, 2.05) is 0 Å². The Hall–Kier alpha value is -2.24. The van der Waals surface area contributed by atoms with Crippen molar-refractivity contribution < 1.29 is 22.3 Å². The average Bonchev–Trinajstić information content (AvgIpc) is 2.50. The Kier molecular flexibility index (Phi) is 5.47. The van der Waals surface area contributed by atoms with E-state index in [1.54, 1.807) is 31.2 Å². The molecule has 0 N–H and O–H groups in total. The Morgan fingerprint density at radius 1 is 1.04 bits per heavy atom. The zero-order valence-electron chi connectivity index (χ0n) is 12.6. The molecule has 0 atom stereocenters. The van der Waals surface area contributed by atoms with Crippen LogP contribution in [0, 0.1) is 0 Å². The Balaban J connectivity index is 2.22. The van der Waals surface area contributed by atoms with Crippen LogP contribution in [0.5, 0.6) is 5.75 Å². The molecule has 0 spiro atoms. The molecule has 23 heavy (non-hydrogen) atoms. The van der Waals surface area contributed by atoms with E-state index < -0.39 is 26.0 Å². The van der Waals surface area contributed by atoms with Crippen LogP contribution in [-0.2, 0) is 0 Å². The number of hydrogen-bond donors (Lipinski definition) is 0. The summed E-state index contributed by atoms with van der Waals surface area (Å²) in [5.74, 6) is 0.302. The quantitative estimate of drug-likeness (QED) is 0.702. The second-order valence-electron chi connectivity index (χ2n) is 5.08. The van der Waals surface area contributed by atoms with Crippen LogP contribution in [0.4, 0.5) is 17.6 Å². The highest BCUT2D eigenvalue weighted by atomic mass is 19.3. The highest BCUT2D eigenvalue weighted by Gasteiger charge is 2.22. The number of allylic oxidation sites excluding steroid dienone is 3. The van der Waals surface area contributed by atoms with Gasteiger partial charge in [0.1, 0.15) is 12.4 Å². The number of ether oxygens (including phenoxy) is 1. The Morgan fingerprint density at radius 3 is 2.26 bits per heavy atom. The van der Waals surface area contributed by atoms with Crippen LogP contribution in [0.2, 0.25) is 0 Å². The van der Waals surface area contributed by atoms with Gasteiger partial charge in [0.15, 0.2) is 0 Å². The summed E-state index contributed by atoms with van der Waals surface area (Å²) in [5.41, 5.74) is 2.59. The van der Waals surface area contributed by atoms with Crippen LogP contribution >= 0.6 is 0 Å². The highest BCUT2D eigenvalue weighted by Crippen LogP contribution is 2.32. The van der Waals surface area contributed by atoms with Crippen LogP contribution in [0.1, 0.15) is 12.5 Å². The lowest BCUT2D eigenvalue weighted by molar-refractivity contribution is 0.0819. The fourth-order valence-corrected chi connectivity index (χ4v) is 2.23. The molecule has 124 valence electrons. The first-order valence-electron chi connectivity index (χ1n) is 7.03. The third kappa shape index (κ3) is 4.37. The Bertz CT molecular complexity index is 620. The van der Waals surface area contributed by atoms with Gasteiger partial charge < -0.3 is 9.64 Å². The third-order valence-corrected chi connectivity index (χ3v) is 3.41. The smallest absolute Gasteiger partial charge is 0.272 e. The van der Waals surface area contributed by atoms with E-state index in [4.69, 9.17) is 4.74 Å². The largest absolute Gasteiger partial charge is 0.488 e. The minimum Gasteiger partial charge on any atom is -0.488 e. The van der Waals surface area contributed by atoms with Crippen LogP contribution in [-0.4, -0.2) is 30.9 Å². The van der Waals surface area contributed by atoms with E-state index in [-0.39, 0.29) is 0 Å². The van der Waals surface area contributed by atoms with Crippen molar-refractivity contribution in [2.45, 2.75) is 19.8 Å². The second kappa shape index (κ2) is 7.35. The lowest BCUT2D eigenvalue weighted by Crippen LogP contribution is -2.28. The molecule has 0 bridgehead atoms. The first-order chi connectivity index (χ1) is 10.9. The lowest BCUT2D eigenvalue weighted by Gasteiger charge is -2.32. The predicted molar refractivity (Wildman–Crippen MR) is 81.5 cm³/mol. The molecule has 0 saturated heterocycles. The number of alkyl halides is 4. The molecule has 0 amide bonds. The lowest BCUT2D eigenvalue weighted by atomic mass is 10.0. The molecule has 0 saturated carbocycles. The van der Waals surface area contributed by atoms with Gasteiger partial charge in [0.05, 0.1) is 6.54 Å². The molecule has 1 aliphatic rings. The number of benzene rings is 1. The molecule has 0 unspecified atom stereocenters. The van der Waals surface area contributed by atoms with E-state index in [9.17, 15) is 17.6 Å². The van der Waals surface area contributed by atoms with Crippen molar-refractivity contribution in [3.05, 3.63) is 59.8 Å². The minimum atomic E-state index is -2.55. The van der Waals surface area contributed by atoms with E-state index in [0.717, 1.165) is 5.57 Å². The van der Waals surface area contributed by atoms with E-state index in [2.05, 4.69) is 6.58 Å². The zero-order chi connectivity index (χ0) is 17.0. The predicted octanol–water partition coefficient (Wildman–Crippen LogP) is 4.71. The number of halogens is 4. The summed E-state index contributed by atoms with van der Waals surface area (Å²) in [7, 11) is 0.